The first-order valence-electron chi connectivity index (χ1n) is 7.37. The number of nitrogens with zero attached hydrogens (tertiary/aromatic N) is 3. The average Bonchev–Trinajstić information content (AvgIpc) is 2.91. The number of nitrogens with one attached hydrogen (secondary N) is 1. The van der Waals surface area contributed by atoms with E-state index >= 15 is 0 Å². The van der Waals surface area contributed by atoms with Crippen molar-refractivity contribution in [3.63, 3.8) is 0 Å². The van der Waals surface area contributed by atoms with Crippen molar-refractivity contribution in [3.05, 3.63) is 33.4 Å². The number of anilines is 1. The zero-order valence-electron chi connectivity index (χ0n) is 13.6. The van der Waals surface area contributed by atoms with Crippen molar-refractivity contribution in [1.82, 2.24) is 9.78 Å². The molecule has 0 aliphatic carbocycles. The van der Waals surface area contributed by atoms with Gasteiger partial charge < -0.3 is 5.32 Å². The molecule has 5 nitrogen and oxygen atoms in total. The van der Waals surface area contributed by atoms with Gasteiger partial charge in [-0.05, 0) is 19.1 Å². The van der Waals surface area contributed by atoms with Gasteiger partial charge in [-0.2, -0.15) is 23.5 Å². The fourth-order valence-electron chi connectivity index (χ4n) is 2.25. The Balaban J connectivity index is 2.79. The van der Waals surface area contributed by atoms with Crippen molar-refractivity contribution in [2.24, 2.45) is 0 Å². The van der Waals surface area contributed by atoms with E-state index in [4.69, 9.17) is 23.2 Å². The number of alkyl halides is 3. The monoisotopic (exact) mass is 424 g/mol. The summed E-state index contributed by atoms with van der Waals surface area (Å²) in [5, 5.41) is 15.7. The number of nitriles is 1. The van der Waals surface area contributed by atoms with E-state index in [1.807, 2.05) is 6.07 Å². The average molecular weight is 425 g/mol. The topological polar surface area (TPSA) is 70.7 Å². The van der Waals surface area contributed by atoms with Crippen LogP contribution in [0.4, 0.5) is 19.0 Å². The Labute approximate surface area is 160 Å². The number of halogens is 5. The summed E-state index contributed by atoms with van der Waals surface area (Å²) >= 11 is 12.1. The van der Waals surface area contributed by atoms with Crippen molar-refractivity contribution >= 4 is 39.8 Å². The van der Waals surface area contributed by atoms with Gasteiger partial charge in [0, 0.05) is 12.3 Å². The van der Waals surface area contributed by atoms with Gasteiger partial charge in [-0.1, -0.05) is 30.1 Å². The van der Waals surface area contributed by atoms with Gasteiger partial charge >= 0.3 is 6.18 Å². The van der Waals surface area contributed by atoms with E-state index in [-0.39, 0.29) is 37.9 Å². The van der Waals surface area contributed by atoms with E-state index in [0.717, 1.165) is 16.8 Å². The van der Waals surface area contributed by atoms with Gasteiger partial charge in [0.05, 0.1) is 26.4 Å². The highest BCUT2D eigenvalue weighted by atomic mass is 35.5. The first-order valence-corrected chi connectivity index (χ1v) is 9.45. The van der Waals surface area contributed by atoms with Crippen LogP contribution in [0, 0.1) is 11.3 Å². The maximum atomic E-state index is 12.9. The maximum absolute atomic E-state index is 12.9. The van der Waals surface area contributed by atoms with Gasteiger partial charge in [0.15, 0.2) is 5.69 Å². The highest BCUT2D eigenvalue weighted by Gasteiger charge is 2.33. The molecule has 140 valence electrons. The molecule has 11 heteroatoms. The Morgan fingerprint density at radius 1 is 1.31 bits per heavy atom. The summed E-state index contributed by atoms with van der Waals surface area (Å²) in [6, 6.07) is 3.29. The van der Waals surface area contributed by atoms with Crippen LogP contribution in [0.25, 0.3) is 5.69 Å². The Kier molecular flexibility index (Phi) is 6.21. The number of benzene rings is 1. The molecule has 1 aromatic carbocycles. The fourth-order valence-corrected chi connectivity index (χ4v) is 3.87. The zero-order chi connectivity index (χ0) is 19.6. The van der Waals surface area contributed by atoms with Crippen molar-refractivity contribution in [1.29, 1.82) is 5.26 Å². The molecule has 0 amide bonds. The van der Waals surface area contributed by atoms with Gasteiger partial charge in [0.25, 0.3) is 0 Å². The summed E-state index contributed by atoms with van der Waals surface area (Å²) in [6.07, 6.45) is -4.62. The SMILES string of the molecule is CCNc1c(S(=O)CC)c(C#N)nn1-c1c(Cl)cc(C(F)(F)F)cc1Cl. The summed E-state index contributed by atoms with van der Waals surface area (Å²) in [6.45, 7) is 3.82. The van der Waals surface area contributed by atoms with Crippen LogP contribution in [-0.2, 0) is 17.0 Å². The first-order chi connectivity index (χ1) is 12.1. The minimum Gasteiger partial charge on any atom is -0.369 e. The predicted octanol–water partition coefficient (Wildman–Crippen LogP) is 4.63. The zero-order valence-corrected chi connectivity index (χ0v) is 15.9. The molecular weight excluding hydrogens is 412 g/mol. The summed E-state index contributed by atoms with van der Waals surface area (Å²) in [7, 11) is -1.53. The fraction of sp³-hybridized carbons (Fsp3) is 0.333. The molecule has 1 aromatic heterocycles. The predicted molar refractivity (Wildman–Crippen MR) is 94.4 cm³/mol. The molecule has 0 bridgehead atoms. The van der Waals surface area contributed by atoms with Gasteiger partial charge in [0.1, 0.15) is 22.5 Å². The Morgan fingerprint density at radius 2 is 1.88 bits per heavy atom. The number of aromatic nitrogens is 2. The lowest BCUT2D eigenvalue weighted by Crippen LogP contribution is -2.11. The third kappa shape index (κ3) is 3.82. The van der Waals surface area contributed by atoms with E-state index in [1.54, 1.807) is 13.8 Å². The summed E-state index contributed by atoms with van der Waals surface area (Å²) in [5.41, 5.74) is -1.16. The maximum Gasteiger partial charge on any atom is 0.416 e. The summed E-state index contributed by atoms with van der Waals surface area (Å²) < 4.78 is 52.2. The molecule has 0 fully saturated rings. The molecule has 1 N–H and O–H groups in total. The quantitative estimate of drug-likeness (QED) is 0.759. The number of hydrogen-bond donors (Lipinski definition) is 1. The molecule has 2 rings (SSSR count). The molecule has 0 saturated heterocycles. The number of hydrogen-bond acceptors (Lipinski definition) is 4. The molecule has 1 heterocycles. The first kappa shape index (κ1) is 20.6. The Hall–Kier alpha value is -1.76. The van der Waals surface area contributed by atoms with Crippen molar-refractivity contribution in [2.45, 2.75) is 24.9 Å². The third-order valence-corrected chi connectivity index (χ3v) is 5.28. The second-order valence-corrected chi connectivity index (χ2v) is 7.49. The molecule has 0 aliphatic rings. The largest absolute Gasteiger partial charge is 0.416 e. The van der Waals surface area contributed by atoms with Crippen molar-refractivity contribution in [2.75, 3.05) is 17.6 Å². The van der Waals surface area contributed by atoms with Gasteiger partial charge in [-0.25, -0.2) is 4.68 Å². The van der Waals surface area contributed by atoms with E-state index in [1.165, 1.54) is 0 Å². The van der Waals surface area contributed by atoms with E-state index < -0.39 is 22.5 Å². The summed E-state index contributed by atoms with van der Waals surface area (Å²) in [5.74, 6) is 0.431. The summed E-state index contributed by atoms with van der Waals surface area (Å²) in [4.78, 5) is 0.156. The minimum absolute atomic E-state index is 0.0341. The molecule has 2 aromatic rings. The molecule has 1 atom stereocenters. The lowest BCUT2D eigenvalue weighted by atomic mass is 10.2. The van der Waals surface area contributed by atoms with Crippen LogP contribution in [-0.4, -0.2) is 26.3 Å². The Morgan fingerprint density at radius 3 is 2.31 bits per heavy atom. The van der Waals surface area contributed by atoms with Crippen LogP contribution in [0.5, 0.6) is 0 Å². The second-order valence-electron chi connectivity index (χ2n) is 5.00. The van der Waals surface area contributed by atoms with Gasteiger partial charge in [-0.15, -0.1) is 0 Å². The van der Waals surface area contributed by atoms with Crippen molar-refractivity contribution < 1.29 is 17.4 Å². The van der Waals surface area contributed by atoms with E-state index in [9.17, 15) is 22.6 Å². The second kappa shape index (κ2) is 7.86. The molecule has 0 aliphatic heterocycles. The van der Waals surface area contributed by atoms with Gasteiger partial charge in [0.2, 0.25) is 0 Å². The molecule has 0 saturated carbocycles. The van der Waals surface area contributed by atoms with E-state index in [2.05, 4.69) is 10.4 Å². The minimum atomic E-state index is -4.62. The van der Waals surface area contributed by atoms with Crippen LogP contribution >= 0.6 is 23.2 Å². The molecule has 0 spiro atoms. The van der Waals surface area contributed by atoms with Crippen molar-refractivity contribution in [3.8, 4) is 11.8 Å². The third-order valence-electron chi connectivity index (χ3n) is 3.34. The highest BCUT2D eigenvalue weighted by molar-refractivity contribution is 7.85. The molecule has 1 unspecified atom stereocenters. The molecule has 26 heavy (non-hydrogen) atoms. The van der Waals surface area contributed by atoms with Crippen LogP contribution in [0.2, 0.25) is 10.0 Å². The van der Waals surface area contributed by atoms with E-state index in [0.29, 0.717) is 6.54 Å². The van der Waals surface area contributed by atoms with Crippen LogP contribution in [0.3, 0.4) is 0 Å². The Bertz CT molecular complexity index is 883. The number of rotatable bonds is 5. The van der Waals surface area contributed by atoms with Crippen LogP contribution < -0.4 is 5.32 Å². The van der Waals surface area contributed by atoms with Crippen LogP contribution in [0.15, 0.2) is 17.0 Å². The van der Waals surface area contributed by atoms with Gasteiger partial charge in [-0.3, -0.25) is 4.21 Å². The smallest absolute Gasteiger partial charge is 0.369 e. The standard InChI is InChI=1S/C15H13Cl2F3N4OS/c1-3-22-14-13(26(25)4-2)11(7-21)23-24(14)12-9(16)5-8(6-10(12)17)15(18,19)20/h5-6,22H,3-4H2,1-2H3. The normalized spacial score (nSPS) is 12.7. The highest BCUT2D eigenvalue weighted by Crippen LogP contribution is 2.39. The molecule has 0 radical (unpaired) electrons. The lowest BCUT2D eigenvalue weighted by molar-refractivity contribution is -0.137. The molecular formula is C15H13Cl2F3N4OS. The lowest BCUT2D eigenvalue weighted by Gasteiger charge is -2.15. The van der Waals surface area contributed by atoms with Crippen LogP contribution in [0.1, 0.15) is 25.1 Å².